The molecule has 30 heavy (non-hydrogen) atoms. The molecule has 2 heterocycles. The molecule has 1 saturated heterocycles. The molecule has 0 aromatic carbocycles. The smallest absolute Gasteiger partial charge is 0.409 e. The summed E-state index contributed by atoms with van der Waals surface area (Å²) in [7, 11) is 1.22. The van der Waals surface area contributed by atoms with Crippen LogP contribution < -0.4 is 11.1 Å². The highest BCUT2D eigenvalue weighted by atomic mass is 16.6. The van der Waals surface area contributed by atoms with E-state index in [0.717, 1.165) is 6.39 Å². The van der Waals surface area contributed by atoms with Gasteiger partial charge in [0.2, 0.25) is 5.91 Å². The predicted molar refractivity (Wildman–Crippen MR) is 102 cm³/mol. The second-order valence-electron chi connectivity index (χ2n) is 7.77. The van der Waals surface area contributed by atoms with Crippen LogP contribution in [0.2, 0.25) is 0 Å². The van der Waals surface area contributed by atoms with Crippen molar-refractivity contribution in [2.45, 2.75) is 45.4 Å². The Morgan fingerprint density at radius 1 is 1.30 bits per heavy atom. The van der Waals surface area contributed by atoms with Crippen molar-refractivity contribution in [3.05, 3.63) is 17.8 Å². The van der Waals surface area contributed by atoms with Gasteiger partial charge in [0.05, 0.1) is 19.7 Å². The molecule has 0 spiro atoms. The van der Waals surface area contributed by atoms with Crippen molar-refractivity contribution in [1.82, 2.24) is 20.1 Å². The number of aromatic nitrogens is 1. The minimum Gasteiger partial charge on any atom is -0.453 e. The fourth-order valence-corrected chi connectivity index (χ4v) is 2.97. The van der Waals surface area contributed by atoms with E-state index in [-0.39, 0.29) is 31.1 Å². The van der Waals surface area contributed by atoms with E-state index in [0.29, 0.717) is 0 Å². The highest BCUT2D eigenvalue weighted by Gasteiger charge is 2.39. The topological polar surface area (TPSA) is 157 Å². The largest absolute Gasteiger partial charge is 0.453 e. The Morgan fingerprint density at radius 3 is 2.53 bits per heavy atom. The van der Waals surface area contributed by atoms with Crippen molar-refractivity contribution in [2.75, 3.05) is 26.7 Å². The number of oxazole rings is 1. The van der Waals surface area contributed by atoms with E-state index in [9.17, 15) is 19.2 Å². The molecule has 166 valence electrons. The highest BCUT2D eigenvalue weighted by Crippen LogP contribution is 2.22. The normalized spacial score (nSPS) is 17.8. The average Bonchev–Trinajstić information content (AvgIpc) is 3.14. The summed E-state index contributed by atoms with van der Waals surface area (Å²) >= 11 is 0. The summed E-state index contributed by atoms with van der Waals surface area (Å²) in [6, 6.07) is -1.80. The van der Waals surface area contributed by atoms with E-state index >= 15 is 0 Å². The van der Waals surface area contributed by atoms with Gasteiger partial charge in [-0.05, 0) is 27.7 Å². The number of nitrogens with one attached hydrogen (secondary N) is 1. The van der Waals surface area contributed by atoms with Gasteiger partial charge in [0, 0.05) is 13.1 Å². The summed E-state index contributed by atoms with van der Waals surface area (Å²) in [5.74, 6) is -1.28. The van der Waals surface area contributed by atoms with Crippen LogP contribution >= 0.6 is 0 Å². The molecule has 0 aliphatic carbocycles. The van der Waals surface area contributed by atoms with E-state index in [2.05, 4.69) is 15.0 Å². The molecule has 0 radical (unpaired) electrons. The van der Waals surface area contributed by atoms with Crippen LogP contribution in [0.4, 0.5) is 9.59 Å². The molecule has 1 aliphatic rings. The molecule has 1 aromatic heterocycles. The van der Waals surface area contributed by atoms with Crippen LogP contribution in [0.25, 0.3) is 0 Å². The minimum atomic E-state index is -1.07. The number of ether oxygens (including phenoxy) is 2. The number of carbonyl (C=O) groups excluding carboxylic acids is 4. The summed E-state index contributed by atoms with van der Waals surface area (Å²) in [5.41, 5.74) is 4.68. The molecular weight excluding hydrogens is 398 g/mol. The number of nitrogens with two attached hydrogens (primary N) is 1. The number of carbonyl (C=O) groups is 4. The van der Waals surface area contributed by atoms with Crippen LogP contribution in [-0.2, 0) is 14.3 Å². The number of hydrogen-bond donors (Lipinski definition) is 2. The Balaban J connectivity index is 2.17. The molecule has 0 bridgehead atoms. The molecule has 1 aromatic rings. The first-order valence-corrected chi connectivity index (χ1v) is 9.30. The van der Waals surface area contributed by atoms with Crippen molar-refractivity contribution in [3.63, 3.8) is 0 Å². The molecule has 1 unspecified atom stereocenters. The van der Waals surface area contributed by atoms with E-state index in [1.165, 1.54) is 16.9 Å². The van der Waals surface area contributed by atoms with Gasteiger partial charge >= 0.3 is 12.2 Å². The SMILES string of the molecule is COC(=O)N1CCN(C(=O)c2ncoc2[C@H](C)NC(=O)OC(C)(C)C)C(C(N)=O)C1. The van der Waals surface area contributed by atoms with Crippen molar-refractivity contribution in [3.8, 4) is 0 Å². The number of nitrogens with zero attached hydrogens (tertiary/aromatic N) is 3. The maximum atomic E-state index is 13.1. The van der Waals surface area contributed by atoms with Gasteiger partial charge < -0.3 is 34.7 Å². The van der Waals surface area contributed by atoms with Gasteiger partial charge in [0.25, 0.3) is 5.91 Å². The Bertz CT molecular complexity index is 816. The van der Waals surface area contributed by atoms with Crippen LogP contribution in [0, 0.1) is 0 Å². The summed E-state index contributed by atoms with van der Waals surface area (Å²) in [6.07, 6.45) is -0.239. The second kappa shape index (κ2) is 9.01. The van der Waals surface area contributed by atoms with E-state index < -0.39 is 41.7 Å². The quantitative estimate of drug-likeness (QED) is 0.711. The van der Waals surface area contributed by atoms with Crippen LogP contribution in [0.5, 0.6) is 0 Å². The number of primary amides is 1. The van der Waals surface area contributed by atoms with Gasteiger partial charge in [-0.15, -0.1) is 0 Å². The molecule has 1 aliphatic heterocycles. The first-order valence-electron chi connectivity index (χ1n) is 9.30. The molecular formula is C18H27N5O7. The van der Waals surface area contributed by atoms with Crippen LogP contribution in [0.15, 0.2) is 10.8 Å². The third-order valence-corrected chi connectivity index (χ3v) is 4.33. The molecule has 1 fully saturated rings. The Labute approximate surface area is 173 Å². The summed E-state index contributed by atoms with van der Waals surface area (Å²) in [4.78, 5) is 55.2. The van der Waals surface area contributed by atoms with Gasteiger partial charge in [0.15, 0.2) is 17.8 Å². The number of hydrogen-bond acceptors (Lipinski definition) is 8. The summed E-state index contributed by atoms with van der Waals surface area (Å²) in [6.45, 7) is 6.85. The van der Waals surface area contributed by atoms with Crippen LogP contribution in [0.1, 0.15) is 50.0 Å². The molecule has 4 amide bonds. The van der Waals surface area contributed by atoms with Gasteiger partial charge in [-0.1, -0.05) is 0 Å². The molecule has 0 saturated carbocycles. The Morgan fingerprint density at radius 2 is 1.97 bits per heavy atom. The first kappa shape index (κ1) is 23.0. The fourth-order valence-electron chi connectivity index (χ4n) is 2.97. The van der Waals surface area contributed by atoms with Gasteiger partial charge in [-0.25, -0.2) is 14.6 Å². The lowest BCUT2D eigenvalue weighted by Gasteiger charge is -2.38. The van der Waals surface area contributed by atoms with Crippen molar-refractivity contribution < 1.29 is 33.1 Å². The second-order valence-corrected chi connectivity index (χ2v) is 7.77. The zero-order chi connectivity index (χ0) is 22.6. The number of methoxy groups -OCH3 is 1. The first-order chi connectivity index (χ1) is 13.9. The lowest BCUT2D eigenvalue weighted by atomic mass is 10.1. The van der Waals surface area contributed by atoms with Gasteiger partial charge in [-0.2, -0.15) is 0 Å². The number of piperazine rings is 1. The maximum absolute atomic E-state index is 13.1. The lowest BCUT2D eigenvalue weighted by molar-refractivity contribution is -0.124. The van der Waals surface area contributed by atoms with Crippen molar-refractivity contribution in [2.24, 2.45) is 5.73 Å². The van der Waals surface area contributed by atoms with Gasteiger partial charge in [0.1, 0.15) is 11.6 Å². The van der Waals surface area contributed by atoms with Crippen molar-refractivity contribution in [1.29, 1.82) is 0 Å². The Kier molecular flexibility index (Phi) is 6.90. The standard InChI is InChI=1S/C18H27N5O7/c1-10(21-16(26)30-18(2,3)4)13-12(20-9-29-13)15(25)23-7-6-22(17(27)28-5)8-11(23)14(19)24/h9-11H,6-8H2,1-5H3,(H2,19,24)(H,21,26)/t10-,11?/m0/s1. The van der Waals surface area contributed by atoms with Crippen LogP contribution in [0.3, 0.4) is 0 Å². The summed E-state index contributed by atoms with van der Waals surface area (Å²) < 4.78 is 15.2. The molecule has 2 rings (SSSR count). The Hall–Kier alpha value is -3.31. The van der Waals surface area contributed by atoms with E-state index in [4.69, 9.17) is 14.9 Å². The zero-order valence-corrected chi connectivity index (χ0v) is 17.6. The zero-order valence-electron chi connectivity index (χ0n) is 17.6. The monoisotopic (exact) mass is 425 g/mol. The molecule has 3 N–H and O–H groups in total. The third kappa shape index (κ3) is 5.39. The predicted octanol–water partition coefficient (Wildman–Crippen LogP) is 0.638. The van der Waals surface area contributed by atoms with E-state index in [1.54, 1.807) is 27.7 Å². The number of amides is 4. The average molecular weight is 425 g/mol. The number of alkyl carbamates (subject to hydrolysis) is 1. The molecule has 12 heteroatoms. The highest BCUT2D eigenvalue weighted by molar-refractivity contribution is 5.97. The third-order valence-electron chi connectivity index (χ3n) is 4.33. The van der Waals surface area contributed by atoms with Crippen LogP contribution in [-0.4, -0.2) is 77.2 Å². The maximum Gasteiger partial charge on any atom is 0.409 e. The van der Waals surface area contributed by atoms with Crippen molar-refractivity contribution >= 4 is 24.0 Å². The lowest BCUT2D eigenvalue weighted by Crippen LogP contribution is -2.61. The number of rotatable bonds is 4. The molecule has 2 atom stereocenters. The van der Waals surface area contributed by atoms with E-state index in [1.807, 2.05) is 0 Å². The fraction of sp³-hybridized carbons (Fsp3) is 0.611. The molecule has 12 nitrogen and oxygen atoms in total. The minimum absolute atomic E-state index is 0.0434. The van der Waals surface area contributed by atoms with Gasteiger partial charge in [-0.3, -0.25) is 9.59 Å². The summed E-state index contributed by atoms with van der Waals surface area (Å²) in [5, 5.41) is 2.57.